The number of fused-ring (bicyclic) bond motifs is 1. The van der Waals surface area contributed by atoms with E-state index in [9.17, 15) is 0 Å². The molecule has 0 aromatic carbocycles. The van der Waals surface area contributed by atoms with Gasteiger partial charge in [-0.25, -0.2) is 0 Å². The molecule has 0 amide bonds. The van der Waals surface area contributed by atoms with E-state index in [4.69, 9.17) is 0 Å². The molecule has 4 nitrogen and oxygen atoms in total. The molecule has 0 fully saturated rings. The van der Waals surface area contributed by atoms with Gasteiger partial charge in [-0.1, -0.05) is 13.8 Å². The summed E-state index contributed by atoms with van der Waals surface area (Å²) in [6.45, 7) is 4.20. The number of H-pyrrole nitrogens is 1. The van der Waals surface area contributed by atoms with Crippen LogP contribution in [0.15, 0.2) is 12.3 Å². The Kier molecular flexibility index (Phi) is 1.53. The number of rotatable bonds is 1. The first-order valence-electron chi connectivity index (χ1n) is 3.94. The van der Waals surface area contributed by atoms with Crippen LogP contribution in [0, 0.1) is 0 Å². The SMILES string of the molecule is CC(C)c1[nH]nc2ccnnc12. The Balaban J connectivity index is 2.70. The van der Waals surface area contributed by atoms with Crippen molar-refractivity contribution in [2.75, 3.05) is 0 Å². The van der Waals surface area contributed by atoms with Crippen LogP contribution >= 0.6 is 0 Å². The van der Waals surface area contributed by atoms with Crippen LogP contribution in [0.3, 0.4) is 0 Å². The molecular weight excluding hydrogens is 152 g/mol. The highest BCUT2D eigenvalue weighted by molar-refractivity contribution is 5.76. The normalized spacial score (nSPS) is 11.2. The van der Waals surface area contributed by atoms with E-state index in [0.717, 1.165) is 16.7 Å². The summed E-state index contributed by atoms with van der Waals surface area (Å²) in [4.78, 5) is 0. The average molecular weight is 162 g/mol. The fourth-order valence-corrected chi connectivity index (χ4v) is 1.18. The van der Waals surface area contributed by atoms with Crippen molar-refractivity contribution in [1.29, 1.82) is 0 Å². The van der Waals surface area contributed by atoms with E-state index in [1.807, 2.05) is 6.07 Å². The van der Waals surface area contributed by atoms with Crippen LogP contribution in [0.2, 0.25) is 0 Å². The van der Waals surface area contributed by atoms with Crippen LogP contribution in [0.5, 0.6) is 0 Å². The fourth-order valence-electron chi connectivity index (χ4n) is 1.18. The summed E-state index contributed by atoms with van der Waals surface area (Å²) in [5, 5.41) is 14.9. The van der Waals surface area contributed by atoms with Crippen molar-refractivity contribution in [1.82, 2.24) is 20.4 Å². The molecular formula is C8H10N4. The molecule has 0 aliphatic carbocycles. The van der Waals surface area contributed by atoms with Gasteiger partial charge in [0.2, 0.25) is 0 Å². The van der Waals surface area contributed by atoms with E-state index in [-0.39, 0.29) is 0 Å². The predicted octanol–water partition coefficient (Wildman–Crippen LogP) is 1.48. The zero-order valence-electron chi connectivity index (χ0n) is 7.07. The average Bonchev–Trinajstić information content (AvgIpc) is 2.47. The quantitative estimate of drug-likeness (QED) is 0.690. The molecule has 0 bridgehead atoms. The zero-order chi connectivity index (χ0) is 8.55. The summed E-state index contributed by atoms with van der Waals surface area (Å²) >= 11 is 0. The van der Waals surface area contributed by atoms with Gasteiger partial charge in [-0.2, -0.15) is 10.2 Å². The van der Waals surface area contributed by atoms with Gasteiger partial charge in [0.15, 0.2) is 0 Å². The van der Waals surface area contributed by atoms with Crippen LogP contribution in [-0.2, 0) is 0 Å². The van der Waals surface area contributed by atoms with Crippen molar-refractivity contribution < 1.29 is 0 Å². The lowest BCUT2D eigenvalue weighted by atomic mass is 10.1. The molecule has 0 radical (unpaired) electrons. The Morgan fingerprint density at radius 1 is 1.42 bits per heavy atom. The fraction of sp³-hybridized carbons (Fsp3) is 0.375. The van der Waals surface area contributed by atoms with E-state index < -0.39 is 0 Å². The summed E-state index contributed by atoms with van der Waals surface area (Å²) in [5.41, 5.74) is 2.82. The van der Waals surface area contributed by atoms with Crippen LogP contribution < -0.4 is 0 Å². The maximum atomic E-state index is 4.11. The monoisotopic (exact) mass is 162 g/mol. The molecule has 2 aromatic rings. The number of nitrogens with zero attached hydrogens (tertiary/aromatic N) is 3. The molecule has 0 unspecified atom stereocenters. The van der Waals surface area contributed by atoms with Crippen molar-refractivity contribution in [2.24, 2.45) is 0 Å². The number of aromatic nitrogens is 4. The molecule has 2 aromatic heterocycles. The minimum atomic E-state index is 0.409. The topological polar surface area (TPSA) is 54.5 Å². The van der Waals surface area contributed by atoms with Gasteiger partial charge in [0.25, 0.3) is 0 Å². The third-order valence-corrected chi connectivity index (χ3v) is 1.83. The second-order valence-electron chi connectivity index (χ2n) is 3.06. The lowest BCUT2D eigenvalue weighted by Crippen LogP contribution is -1.89. The van der Waals surface area contributed by atoms with E-state index >= 15 is 0 Å². The summed E-state index contributed by atoms with van der Waals surface area (Å²) in [7, 11) is 0. The van der Waals surface area contributed by atoms with Crippen LogP contribution in [0.1, 0.15) is 25.5 Å². The number of nitrogens with one attached hydrogen (secondary N) is 1. The second-order valence-corrected chi connectivity index (χ2v) is 3.06. The van der Waals surface area contributed by atoms with Crippen molar-refractivity contribution in [3.05, 3.63) is 18.0 Å². The van der Waals surface area contributed by atoms with Gasteiger partial charge in [0, 0.05) is 0 Å². The van der Waals surface area contributed by atoms with Gasteiger partial charge in [-0.05, 0) is 12.0 Å². The summed E-state index contributed by atoms with van der Waals surface area (Å²) in [6.07, 6.45) is 1.65. The Morgan fingerprint density at radius 2 is 2.25 bits per heavy atom. The molecule has 1 N–H and O–H groups in total. The van der Waals surface area contributed by atoms with Gasteiger partial charge in [0.1, 0.15) is 11.0 Å². The Morgan fingerprint density at radius 3 is 3.00 bits per heavy atom. The molecule has 0 saturated heterocycles. The molecule has 12 heavy (non-hydrogen) atoms. The van der Waals surface area contributed by atoms with Crippen molar-refractivity contribution in [3.8, 4) is 0 Å². The molecule has 0 aliphatic rings. The van der Waals surface area contributed by atoms with Crippen LogP contribution in [-0.4, -0.2) is 20.4 Å². The standard InChI is InChI=1S/C8H10N4/c1-5(2)7-8-6(10-12-7)3-4-9-11-8/h3-5H,1-2H3,(H,10,12). The molecule has 2 rings (SSSR count). The Labute approximate surface area is 70.0 Å². The zero-order valence-corrected chi connectivity index (χ0v) is 7.07. The highest BCUT2D eigenvalue weighted by Gasteiger charge is 2.08. The minimum absolute atomic E-state index is 0.409. The van der Waals surface area contributed by atoms with Crippen molar-refractivity contribution in [3.63, 3.8) is 0 Å². The molecule has 0 spiro atoms. The van der Waals surface area contributed by atoms with Crippen LogP contribution in [0.25, 0.3) is 11.0 Å². The van der Waals surface area contributed by atoms with E-state index in [2.05, 4.69) is 34.2 Å². The Hall–Kier alpha value is -1.45. The largest absolute Gasteiger partial charge is 0.279 e. The van der Waals surface area contributed by atoms with Crippen LogP contribution in [0.4, 0.5) is 0 Å². The Bertz CT molecular complexity index is 391. The maximum absolute atomic E-state index is 4.11. The second kappa shape index (κ2) is 2.55. The minimum Gasteiger partial charge on any atom is -0.279 e. The van der Waals surface area contributed by atoms with Gasteiger partial charge in [0.05, 0.1) is 11.9 Å². The lowest BCUT2D eigenvalue weighted by Gasteiger charge is -1.98. The van der Waals surface area contributed by atoms with E-state index in [1.54, 1.807) is 6.20 Å². The summed E-state index contributed by atoms with van der Waals surface area (Å²) in [6, 6.07) is 1.85. The first-order valence-corrected chi connectivity index (χ1v) is 3.94. The molecule has 0 aliphatic heterocycles. The third-order valence-electron chi connectivity index (χ3n) is 1.83. The summed E-state index contributed by atoms with van der Waals surface area (Å²) in [5.74, 6) is 0.409. The van der Waals surface area contributed by atoms with E-state index in [0.29, 0.717) is 5.92 Å². The third kappa shape index (κ3) is 0.958. The molecule has 0 saturated carbocycles. The van der Waals surface area contributed by atoms with Gasteiger partial charge >= 0.3 is 0 Å². The lowest BCUT2D eigenvalue weighted by molar-refractivity contribution is 0.813. The van der Waals surface area contributed by atoms with Crippen molar-refractivity contribution >= 4 is 11.0 Å². The first kappa shape index (κ1) is 7.21. The van der Waals surface area contributed by atoms with Gasteiger partial charge in [-0.3, -0.25) is 5.10 Å². The molecule has 2 heterocycles. The van der Waals surface area contributed by atoms with Gasteiger partial charge < -0.3 is 0 Å². The smallest absolute Gasteiger partial charge is 0.134 e. The van der Waals surface area contributed by atoms with Crippen molar-refractivity contribution in [2.45, 2.75) is 19.8 Å². The highest BCUT2D eigenvalue weighted by Crippen LogP contribution is 2.18. The first-order chi connectivity index (χ1) is 5.79. The number of hydrogen-bond donors (Lipinski definition) is 1. The predicted molar refractivity (Wildman–Crippen MR) is 45.8 cm³/mol. The molecule has 4 heteroatoms. The molecule has 62 valence electrons. The van der Waals surface area contributed by atoms with E-state index in [1.165, 1.54) is 0 Å². The summed E-state index contributed by atoms with van der Waals surface area (Å²) < 4.78 is 0. The maximum Gasteiger partial charge on any atom is 0.134 e. The highest BCUT2D eigenvalue weighted by atomic mass is 15.2. The molecule has 0 atom stereocenters. The number of hydrogen-bond acceptors (Lipinski definition) is 3. The number of aromatic amines is 1. The van der Waals surface area contributed by atoms with Gasteiger partial charge in [-0.15, -0.1) is 5.10 Å².